The molecule has 1 rings (SSSR count). The van der Waals surface area contributed by atoms with Crippen molar-refractivity contribution in [3.63, 3.8) is 0 Å². The summed E-state index contributed by atoms with van der Waals surface area (Å²) in [7, 11) is -1.24. The van der Waals surface area contributed by atoms with E-state index < -0.39 is 15.4 Å². The summed E-state index contributed by atoms with van der Waals surface area (Å²) in [5.41, 5.74) is -0.426. The van der Waals surface area contributed by atoms with Crippen LogP contribution in [0.2, 0.25) is 0 Å². The van der Waals surface area contributed by atoms with Crippen LogP contribution in [0.5, 0.6) is 0 Å². The monoisotopic (exact) mass is 280 g/mol. The molecule has 0 bridgehead atoms. The maximum atomic E-state index is 11.4. The number of rotatable bonds is 5. The fourth-order valence-electron chi connectivity index (χ4n) is 1.85. The van der Waals surface area contributed by atoms with Gasteiger partial charge in [-0.1, -0.05) is 0 Å². The van der Waals surface area contributed by atoms with Crippen LogP contribution in [0.3, 0.4) is 0 Å². The Labute approximate surface area is 108 Å². The van der Waals surface area contributed by atoms with Gasteiger partial charge in [0.15, 0.2) is 14.9 Å². The summed E-state index contributed by atoms with van der Waals surface area (Å²) in [4.78, 5) is 0. The molecule has 1 aliphatic rings. The molecule has 7 heteroatoms. The minimum atomic E-state index is -2.90. The SMILES string of the molecule is COCCCNC(=S)NC1(C)CCS(=O)(=O)C1. The predicted molar refractivity (Wildman–Crippen MR) is 71.9 cm³/mol. The highest BCUT2D eigenvalue weighted by molar-refractivity contribution is 7.91. The smallest absolute Gasteiger partial charge is 0.166 e. The van der Waals surface area contributed by atoms with Gasteiger partial charge < -0.3 is 15.4 Å². The Morgan fingerprint density at radius 3 is 2.76 bits per heavy atom. The van der Waals surface area contributed by atoms with E-state index in [-0.39, 0.29) is 11.5 Å². The van der Waals surface area contributed by atoms with E-state index in [0.717, 1.165) is 13.0 Å². The molecule has 100 valence electrons. The van der Waals surface area contributed by atoms with Crippen LogP contribution in [0.25, 0.3) is 0 Å². The van der Waals surface area contributed by atoms with E-state index in [4.69, 9.17) is 17.0 Å². The third-order valence-corrected chi connectivity index (χ3v) is 4.88. The lowest BCUT2D eigenvalue weighted by molar-refractivity contribution is 0.195. The minimum Gasteiger partial charge on any atom is -0.385 e. The highest BCUT2D eigenvalue weighted by atomic mass is 32.2. The van der Waals surface area contributed by atoms with Gasteiger partial charge in [0.05, 0.1) is 17.0 Å². The lowest BCUT2D eigenvalue weighted by Crippen LogP contribution is -2.51. The van der Waals surface area contributed by atoms with Gasteiger partial charge in [0.25, 0.3) is 0 Å². The van der Waals surface area contributed by atoms with Gasteiger partial charge in [0, 0.05) is 20.3 Å². The first kappa shape index (κ1) is 14.7. The Kier molecular flexibility index (Phi) is 5.15. The summed E-state index contributed by atoms with van der Waals surface area (Å²) in [6, 6.07) is 0. The van der Waals surface area contributed by atoms with Gasteiger partial charge in [0.1, 0.15) is 0 Å². The van der Waals surface area contributed by atoms with Crippen LogP contribution in [0.1, 0.15) is 19.8 Å². The van der Waals surface area contributed by atoms with Gasteiger partial charge in [-0.15, -0.1) is 0 Å². The second kappa shape index (κ2) is 5.97. The first-order chi connectivity index (χ1) is 7.87. The van der Waals surface area contributed by atoms with Crippen LogP contribution in [0.15, 0.2) is 0 Å². The topological polar surface area (TPSA) is 67.4 Å². The fraction of sp³-hybridized carbons (Fsp3) is 0.900. The number of methoxy groups -OCH3 is 1. The first-order valence-corrected chi connectivity index (χ1v) is 7.85. The molecule has 1 fully saturated rings. The number of hydrogen-bond donors (Lipinski definition) is 2. The molecule has 1 atom stereocenters. The van der Waals surface area contributed by atoms with E-state index in [1.807, 2.05) is 6.92 Å². The average Bonchev–Trinajstić information content (AvgIpc) is 2.47. The average molecular weight is 280 g/mol. The van der Waals surface area contributed by atoms with Gasteiger partial charge in [-0.05, 0) is 32.0 Å². The predicted octanol–water partition coefficient (Wildman–Crippen LogP) is 0.0642. The van der Waals surface area contributed by atoms with Gasteiger partial charge in [0.2, 0.25) is 0 Å². The van der Waals surface area contributed by atoms with Crippen LogP contribution in [-0.4, -0.2) is 50.8 Å². The summed E-state index contributed by atoms with van der Waals surface area (Å²) >= 11 is 5.13. The minimum absolute atomic E-state index is 0.153. The molecule has 0 aromatic rings. The highest BCUT2D eigenvalue weighted by Gasteiger charge is 2.38. The molecule has 0 spiro atoms. The molecule has 0 saturated carbocycles. The van der Waals surface area contributed by atoms with Crippen LogP contribution < -0.4 is 10.6 Å². The largest absolute Gasteiger partial charge is 0.385 e. The molecular formula is C10H20N2O3S2. The van der Waals surface area contributed by atoms with E-state index in [2.05, 4.69) is 10.6 Å². The number of nitrogens with one attached hydrogen (secondary N) is 2. The Morgan fingerprint density at radius 2 is 2.24 bits per heavy atom. The number of sulfone groups is 1. The Bertz CT molecular complexity index is 370. The van der Waals surface area contributed by atoms with Crippen molar-refractivity contribution in [1.29, 1.82) is 0 Å². The molecule has 17 heavy (non-hydrogen) atoms. The maximum Gasteiger partial charge on any atom is 0.166 e. The van der Waals surface area contributed by atoms with Crippen molar-refractivity contribution in [2.24, 2.45) is 0 Å². The molecule has 1 unspecified atom stereocenters. The lowest BCUT2D eigenvalue weighted by Gasteiger charge is -2.25. The Balaban J connectivity index is 2.31. The van der Waals surface area contributed by atoms with Gasteiger partial charge in [-0.25, -0.2) is 8.42 Å². The number of hydrogen-bond acceptors (Lipinski definition) is 4. The van der Waals surface area contributed by atoms with Crippen LogP contribution >= 0.6 is 12.2 Å². The van der Waals surface area contributed by atoms with Crippen LogP contribution in [0.4, 0.5) is 0 Å². The van der Waals surface area contributed by atoms with Crippen LogP contribution in [0, 0.1) is 0 Å². The number of ether oxygens (including phenoxy) is 1. The molecule has 2 N–H and O–H groups in total. The molecule has 0 aromatic heterocycles. The van der Waals surface area contributed by atoms with Crippen molar-refractivity contribution in [3.05, 3.63) is 0 Å². The summed E-state index contributed by atoms with van der Waals surface area (Å²) in [6.45, 7) is 3.30. The summed E-state index contributed by atoms with van der Waals surface area (Å²) in [6.07, 6.45) is 1.47. The van der Waals surface area contributed by atoms with Gasteiger partial charge in [-0.3, -0.25) is 0 Å². The zero-order chi connectivity index (χ0) is 12.9. The molecular weight excluding hydrogens is 260 g/mol. The van der Waals surface area contributed by atoms with Crippen molar-refractivity contribution in [1.82, 2.24) is 10.6 Å². The zero-order valence-corrected chi connectivity index (χ0v) is 11.9. The summed E-state index contributed by atoms with van der Waals surface area (Å²) < 4.78 is 27.7. The molecule has 1 aliphatic heterocycles. The molecule has 0 amide bonds. The molecule has 1 saturated heterocycles. The van der Waals surface area contributed by atoms with E-state index in [1.165, 1.54) is 0 Å². The van der Waals surface area contributed by atoms with Crippen molar-refractivity contribution >= 4 is 27.2 Å². The Hall–Kier alpha value is -0.400. The quantitative estimate of drug-likeness (QED) is 0.548. The zero-order valence-electron chi connectivity index (χ0n) is 10.3. The molecule has 5 nitrogen and oxygen atoms in total. The molecule has 0 radical (unpaired) electrons. The van der Waals surface area contributed by atoms with Crippen molar-refractivity contribution in [2.75, 3.05) is 31.8 Å². The van der Waals surface area contributed by atoms with Gasteiger partial charge >= 0.3 is 0 Å². The third-order valence-electron chi connectivity index (χ3n) is 2.73. The summed E-state index contributed by atoms with van der Waals surface area (Å²) in [5.74, 6) is 0.392. The highest BCUT2D eigenvalue weighted by Crippen LogP contribution is 2.22. The van der Waals surface area contributed by atoms with E-state index in [0.29, 0.717) is 18.1 Å². The van der Waals surface area contributed by atoms with Gasteiger partial charge in [-0.2, -0.15) is 0 Å². The third kappa shape index (κ3) is 5.18. The van der Waals surface area contributed by atoms with Crippen LogP contribution in [-0.2, 0) is 14.6 Å². The van der Waals surface area contributed by atoms with E-state index >= 15 is 0 Å². The first-order valence-electron chi connectivity index (χ1n) is 5.62. The van der Waals surface area contributed by atoms with Crippen molar-refractivity contribution in [3.8, 4) is 0 Å². The van der Waals surface area contributed by atoms with Crippen molar-refractivity contribution < 1.29 is 13.2 Å². The molecule has 0 aromatic carbocycles. The molecule has 1 heterocycles. The maximum absolute atomic E-state index is 11.4. The van der Waals surface area contributed by atoms with E-state index in [1.54, 1.807) is 7.11 Å². The van der Waals surface area contributed by atoms with E-state index in [9.17, 15) is 8.42 Å². The normalized spacial score (nSPS) is 26.7. The summed E-state index contributed by atoms with van der Waals surface area (Å²) in [5, 5.41) is 6.65. The fourth-order valence-corrected chi connectivity index (χ4v) is 4.29. The second-order valence-corrected chi connectivity index (χ2v) is 7.22. The standard InChI is InChI=1S/C10H20N2O3S2/c1-10(4-7-17(13,14)8-10)12-9(16)11-5-3-6-15-2/h3-8H2,1-2H3,(H2,11,12,16). The second-order valence-electron chi connectivity index (χ2n) is 4.63. The lowest BCUT2D eigenvalue weighted by atomic mass is 10.0. The Morgan fingerprint density at radius 1 is 1.53 bits per heavy atom. The molecule has 0 aliphatic carbocycles. The number of thiocarbonyl (C=S) groups is 1. The van der Waals surface area contributed by atoms with Crippen molar-refractivity contribution in [2.45, 2.75) is 25.3 Å².